The average molecular weight is 389 g/mol. The lowest BCUT2D eigenvalue weighted by molar-refractivity contribution is -0.161. The fourth-order valence-corrected chi connectivity index (χ4v) is 3.55. The number of ether oxygens (including phenoxy) is 2. The van der Waals surface area contributed by atoms with Crippen molar-refractivity contribution in [3.05, 3.63) is 35.7 Å². The summed E-state index contributed by atoms with van der Waals surface area (Å²) in [5, 5.41) is 11.9. The Bertz CT molecular complexity index is 692. The highest BCUT2D eigenvalue weighted by atomic mass is 16.5. The molecule has 2 aliphatic rings. The van der Waals surface area contributed by atoms with Crippen LogP contribution in [0.15, 0.2) is 24.4 Å². The van der Waals surface area contributed by atoms with Gasteiger partial charge in [0, 0.05) is 32.0 Å². The first-order chi connectivity index (χ1) is 13.6. The van der Waals surface area contributed by atoms with Crippen molar-refractivity contribution in [2.75, 3.05) is 13.2 Å². The van der Waals surface area contributed by atoms with E-state index in [0.717, 1.165) is 31.2 Å². The van der Waals surface area contributed by atoms with Gasteiger partial charge in [-0.25, -0.2) is 5.48 Å². The minimum atomic E-state index is -0.724. The molecule has 0 spiro atoms. The molecular weight excluding hydrogens is 362 g/mol. The van der Waals surface area contributed by atoms with E-state index in [0.29, 0.717) is 38.3 Å². The zero-order valence-electron chi connectivity index (χ0n) is 15.9. The molecule has 0 atom stereocenters. The second-order valence-corrected chi connectivity index (χ2v) is 7.26. The number of rotatable bonds is 7. The predicted octanol–water partition coefficient (Wildman–Crippen LogP) is 1.72. The standard InChI is InChI=1S/C20H27N3O5/c24-18(23-26)8-7-16-6-5-15(13-21-16)14-22-20(9-11-27-12-10-20)19(25)28-17-3-1-2-4-17/h5-8,13,17,22,26H,1-4,9-12,14H2,(H,23,24)/b8-7+. The van der Waals surface area contributed by atoms with Crippen LogP contribution < -0.4 is 10.8 Å². The molecule has 152 valence electrons. The molecular formula is C20H27N3O5. The quantitative estimate of drug-likeness (QED) is 0.282. The van der Waals surface area contributed by atoms with Gasteiger partial charge in [0.2, 0.25) is 0 Å². The summed E-state index contributed by atoms with van der Waals surface area (Å²) in [5.74, 6) is -0.792. The molecule has 1 aliphatic carbocycles. The molecule has 28 heavy (non-hydrogen) atoms. The topological polar surface area (TPSA) is 110 Å². The molecule has 1 aromatic rings. The van der Waals surface area contributed by atoms with Crippen LogP contribution >= 0.6 is 0 Å². The van der Waals surface area contributed by atoms with E-state index in [2.05, 4.69) is 10.3 Å². The molecule has 1 amide bonds. The third-order valence-corrected chi connectivity index (χ3v) is 5.31. The summed E-state index contributed by atoms with van der Waals surface area (Å²) in [7, 11) is 0. The molecule has 1 aliphatic heterocycles. The van der Waals surface area contributed by atoms with Crippen LogP contribution in [-0.2, 0) is 25.6 Å². The van der Waals surface area contributed by atoms with E-state index in [1.807, 2.05) is 6.07 Å². The lowest BCUT2D eigenvalue weighted by Crippen LogP contribution is -2.56. The van der Waals surface area contributed by atoms with Crippen LogP contribution in [0.3, 0.4) is 0 Å². The molecule has 0 unspecified atom stereocenters. The Labute approximate surface area is 164 Å². The number of amides is 1. The molecule has 8 nitrogen and oxygen atoms in total. The van der Waals surface area contributed by atoms with Gasteiger partial charge < -0.3 is 9.47 Å². The van der Waals surface area contributed by atoms with Gasteiger partial charge in [0.15, 0.2) is 0 Å². The van der Waals surface area contributed by atoms with Crippen molar-refractivity contribution in [1.82, 2.24) is 15.8 Å². The first-order valence-electron chi connectivity index (χ1n) is 9.72. The maximum Gasteiger partial charge on any atom is 0.326 e. The first kappa shape index (κ1) is 20.4. The summed E-state index contributed by atoms with van der Waals surface area (Å²) in [5.41, 5.74) is 2.31. The van der Waals surface area contributed by atoms with Gasteiger partial charge in [-0.1, -0.05) is 6.07 Å². The number of pyridine rings is 1. The van der Waals surface area contributed by atoms with Gasteiger partial charge in [-0.3, -0.25) is 25.1 Å². The van der Waals surface area contributed by atoms with Crippen molar-refractivity contribution < 1.29 is 24.3 Å². The summed E-state index contributed by atoms with van der Waals surface area (Å²) < 4.78 is 11.2. The normalized spacial score (nSPS) is 19.6. The second kappa shape index (κ2) is 9.77. The Morgan fingerprint density at radius 3 is 2.68 bits per heavy atom. The molecule has 3 N–H and O–H groups in total. The number of aromatic nitrogens is 1. The lowest BCUT2D eigenvalue weighted by Gasteiger charge is -2.36. The number of hydroxylamine groups is 1. The molecule has 0 radical (unpaired) electrons. The lowest BCUT2D eigenvalue weighted by atomic mass is 9.89. The van der Waals surface area contributed by atoms with Crippen LogP contribution in [0.4, 0.5) is 0 Å². The average Bonchev–Trinajstić information content (AvgIpc) is 3.25. The van der Waals surface area contributed by atoms with Gasteiger partial charge in [0.1, 0.15) is 11.6 Å². The van der Waals surface area contributed by atoms with E-state index >= 15 is 0 Å². The van der Waals surface area contributed by atoms with Gasteiger partial charge in [0.25, 0.3) is 5.91 Å². The van der Waals surface area contributed by atoms with E-state index in [1.165, 1.54) is 17.6 Å². The van der Waals surface area contributed by atoms with E-state index in [4.69, 9.17) is 14.7 Å². The number of hydrogen-bond donors (Lipinski definition) is 3. The Hall–Kier alpha value is -2.29. The van der Waals surface area contributed by atoms with Crippen molar-refractivity contribution in [1.29, 1.82) is 0 Å². The Balaban J connectivity index is 1.60. The molecule has 2 heterocycles. The zero-order valence-corrected chi connectivity index (χ0v) is 15.9. The number of nitrogens with one attached hydrogen (secondary N) is 2. The molecule has 2 fully saturated rings. The Morgan fingerprint density at radius 1 is 1.29 bits per heavy atom. The molecule has 1 saturated carbocycles. The fourth-order valence-electron chi connectivity index (χ4n) is 3.55. The van der Waals surface area contributed by atoms with Crippen molar-refractivity contribution >= 4 is 18.0 Å². The second-order valence-electron chi connectivity index (χ2n) is 7.26. The van der Waals surface area contributed by atoms with Gasteiger partial charge in [0.05, 0.1) is 5.69 Å². The number of carbonyl (C=O) groups is 2. The Kier molecular flexibility index (Phi) is 7.13. The van der Waals surface area contributed by atoms with Crippen LogP contribution in [0.1, 0.15) is 49.8 Å². The van der Waals surface area contributed by atoms with Gasteiger partial charge in [-0.05, 0) is 56.2 Å². The summed E-state index contributed by atoms with van der Waals surface area (Å²) in [6.07, 6.45) is 9.74. The van der Waals surface area contributed by atoms with E-state index in [1.54, 1.807) is 12.3 Å². The largest absolute Gasteiger partial charge is 0.461 e. The highest BCUT2D eigenvalue weighted by molar-refractivity contribution is 5.90. The van der Waals surface area contributed by atoms with Crippen LogP contribution in [0.2, 0.25) is 0 Å². The van der Waals surface area contributed by atoms with E-state index in [9.17, 15) is 9.59 Å². The predicted molar refractivity (Wildman–Crippen MR) is 101 cm³/mol. The number of nitrogens with zero attached hydrogens (tertiary/aromatic N) is 1. The summed E-state index contributed by atoms with van der Waals surface area (Å²) >= 11 is 0. The van der Waals surface area contributed by atoms with Crippen LogP contribution in [-0.4, -0.2) is 46.9 Å². The zero-order chi connectivity index (χ0) is 19.8. The molecule has 1 saturated heterocycles. The monoisotopic (exact) mass is 389 g/mol. The van der Waals surface area contributed by atoms with Crippen molar-refractivity contribution in [2.45, 2.75) is 56.7 Å². The molecule has 8 heteroatoms. The Morgan fingerprint density at radius 2 is 2.04 bits per heavy atom. The number of carbonyl (C=O) groups excluding carboxylic acids is 2. The maximum absolute atomic E-state index is 12.9. The smallest absolute Gasteiger partial charge is 0.326 e. The van der Waals surface area contributed by atoms with E-state index in [-0.39, 0.29) is 12.1 Å². The first-order valence-corrected chi connectivity index (χ1v) is 9.72. The highest BCUT2D eigenvalue weighted by Crippen LogP contribution is 2.27. The third-order valence-electron chi connectivity index (χ3n) is 5.31. The summed E-state index contributed by atoms with van der Waals surface area (Å²) in [4.78, 5) is 28.2. The summed E-state index contributed by atoms with van der Waals surface area (Å²) in [6.45, 7) is 1.54. The number of esters is 1. The summed E-state index contributed by atoms with van der Waals surface area (Å²) in [6, 6.07) is 3.65. The molecule has 3 rings (SSSR count). The van der Waals surface area contributed by atoms with Crippen LogP contribution in [0.5, 0.6) is 0 Å². The SMILES string of the molecule is O=C(/C=C/c1ccc(CNC2(C(=O)OC3CCCC3)CCOCC2)cn1)NO. The minimum Gasteiger partial charge on any atom is -0.461 e. The molecule has 0 aromatic carbocycles. The van der Waals surface area contributed by atoms with Crippen LogP contribution in [0.25, 0.3) is 6.08 Å². The van der Waals surface area contributed by atoms with Gasteiger partial charge in [-0.2, -0.15) is 0 Å². The molecule has 0 bridgehead atoms. The van der Waals surface area contributed by atoms with Gasteiger partial charge in [-0.15, -0.1) is 0 Å². The van der Waals surface area contributed by atoms with E-state index < -0.39 is 11.4 Å². The minimum absolute atomic E-state index is 0.0397. The van der Waals surface area contributed by atoms with Gasteiger partial charge >= 0.3 is 5.97 Å². The maximum atomic E-state index is 12.9. The highest BCUT2D eigenvalue weighted by Gasteiger charge is 2.42. The fraction of sp³-hybridized carbons (Fsp3) is 0.550. The van der Waals surface area contributed by atoms with Crippen molar-refractivity contribution in [3.8, 4) is 0 Å². The molecule has 1 aromatic heterocycles. The van der Waals surface area contributed by atoms with Crippen molar-refractivity contribution in [2.24, 2.45) is 0 Å². The van der Waals surface area contributed by atoms with Crippen LogP contribution in [0, 0.1) is 0 Å². The van der Waals surface area contributed by atoms with Crippen molar-refractivity contribution in [3.63, 3.8) is 0 Å². The third kappa shape index (κ3) is 5.37. The number of hydrogen-bond acceptors (Lipinski definition) is 7.